The molecule has 3 aromatic heterocycles. The summed E-state index contributed by atoms with van der Waals surface area (Å²) in [7, 11) is 0. The van der Waals surface area contributed by atoms with Crippen molar-refractivity contribution in [2.75, 3.05) is 0 Å². The van der Waals surface area contributed by atoms with Gasteiger partial charge >= 0.3 is 0 Å². The van der Waals surface area contributed by atoms with Gasteiger partial charge in [-0.25, -0.2) is 9.50 Å². The molecular formula is C17H21N5O. The zero-order valence-corrected chi connectivity index (χ0v) is 13.6. The minimum Gasteiger partial charge on any atom is -0.303 e. The first-order valence-electron chi connectivity index (χ1n) is 7.77. The molecule has 1 atom stereocenters. The zero-order valence-electron chi connectivity index (χ0n) is 13.6. The van der Waals surface area contributed by atoms with Crippen LogP contribution in [0.15, 0.2) is 41.3 Å². The maximum Gasteiger partial charge on any atom is 0.272 e. The number of pyridine rings is 1. The number of H-pyrrole nitrogens is 1. The fourth-order valence-electron chi connectivity index (χ4n) is 2.69. The normalized spacial score (nSPS) is 12.9. The van der Waals surface area contributed by atoms with E-state index in [1.54, 1.807) is 12.3 Å². The van der Waals surface area contributed by atoms with E-state index in [-0.39, 0.29) is 11.6 Å². The Morgan fingerprint density at radius 3 is 2.83 bits per heavy atom. The second kappa shape index (κ2) is 6.34. The molecule has 3 heterocycles. The molecule has 0 saturated heterocycles. The third kappa shape index (κ3) is 3.32. The summed E-state index contributed by atoms with van der Waals surface area (Å²) in [4.78, 5) is 21.2. The molecule has 0 saturated carbocycles. The summed E-state index contributed by atoms with van der Waals surface area (Å²) in [5, 5.41) is 6.46. The molecule has 0 amide bonds. The van der Waals surface area contributed by atoms with E-state index in [4.69, 9.17) is 0 Å². The van der Waals surface area contributed by atoms with Gasteiger partial charge in [-0.15, -0.1) is 0 Å². The lowest BCUT2D eigenvalue weighted by Gasteiger charge is -2.21. The Morgan fingerprint density at radius 2 is 2.13 bits per heavy atom. The summed E-state index contributed by atoms with van der Waals surface area (Å²) in [6.07, 6.45) is 1.78. The summed E-state index contributed by atoms with van der Waals surface area (Å²) in [5.74, 6) is 0.299. The van der Waals surface area contributed by atoms with Crippen LogP contribution in [0.5, 0.6) is 0 Å². The first kappa shape index (κ1) is 15.4. The summed E-state index contributed by atoms with van der Waals surface area (Å²) < 4.78 is 1.47. The van der Waals surface area contributed by atoms with E-state index in [0.717, 1.165) is 17.1 Å². The van der Waals surface area contributed by atoms with Crippen LogP contribution in [-0.4, -0.2) is 19.6 Å². The molecule has 0 spiro atoms. The van der Waals surface area contributed by atoms with E-state index in [1.165, 1.54) is 4.52 Å². The van der Waals surface area contributed by atoms with Crippen molar-refractivity contribution in [1.29, 1.82) is 0 Å². The lowest BCUT2D eigenvalue weighted by molar-refractivity contribution is 0.400. The number of nitrogens with zero attached hydrogens (tertiary/aromatic N) is 3. The first-order chi connectivity index (χ1) is 11.0. The fraction of sp³-hybridized carbons (Fsp3) is 0.353. The molecule has 0 aliphatic heterocycles. The molecule has 0 bridgehead atoms. The molecule has 3 aromatic rings. The smallest absolute Gasteiger partial charge is 0.272 e. The molecule has 0 aliphatic rings. The number of aromatic amines is 1. The first-order valence-corrected chi connectivity index (χ1v) is 7.77. The Labute approximate surface area is 134 Å². The van der Waals surface area contributed by atoms with Crippen LogP contribution in [0.2, 0.25) is 0 Å². The van der Waals surface area contributed by atoms with Gasteiger partial charge in [0.1, 0.15) is 0 Å². The Kier molecular flexibility index (Phi) is 4.25. The average molecular weight is 311 g/mol. The van der Waals surface area contributed by atoms with E-state index in [2.05, 4.69) is 34.2 Å². The van der Waals surface area contributed by atoms with Crippen LogP contribution in [-0.2, 0) is 6.54 Å². The lowest BCUT2D eigenvalue weighted by Crippen LogP contribution is -2.28. The van der Waals surface area contributed by atoms with Gasteiger partial charge in [0, 0.05) is 30.6 Å². The average Bonchev–Trinajstić information content (AvgIpc) is 2.89. The number of rotatable bonds is 5. The van der Waals surface area contributed by atoms with E-state index >= 15 is 0 Å². The summed E-state index contributed by atoms with van der Waals surface area (Å²) in [5.41, 5.74) is 3.20. The molecule has 3 rings (SSSR count). The largest absolute Gasteiger partial charge is 0.303 e. The topological polar surface area (TPSA) is 75.1 Å². The van der Waals surface area contributed by atoms with Crippen molar-refractivity contribution in [2.45, 2.75) is 33.4 Å². The van der Waals surface area contributed by atoms with Gasteiger partial charge in [-0.1, -0.05) is 19.9 Å². The number of hydrogen-bond acceptors (Lipinski definition) is 4. The number of nitrogens with one attached hydrogen (secondary N) is 2. The predicted octanol–water partition coefficient (Wildman–Crippen LogP) is 2.21. The second-order valence-electron chi connectivity index (χ2n) is 6.08. The Bertz CT molecular complexity index is 850. The molecule has 2 N–H and O–H groups in total. The minimum absolute atomic E-state index is 0.00934. The van der Waals surface area contributed by atoms with E-state index in [1.807, 2.05) is 31.2 Å². The van der Waals surface area contributed by atoms with Gasteiger partial charge in [-0.2, -0.15) is 0 Å². The second-order valence-corrected chi connectivity index (χ2v) is 6.08. The molecule has 0 aliphatic carbocycles. The molecule has 0 aromatic carbocycles. The monoisotopic (exact) mass is 311 g/mol. The quantitative estimate of drug-likeness (QED) is 0.757. The highest BCUT2D eigenvalue weighted by atomic mass is 16.1. The van der Waals surface area contributed by atoms with Gasteiger partial charge in [0.2, 0.25) is 0 Å². The van der Waals surface area contributed by atoms with Crippen molar-refractivity contribution < 1.29 is 0 Å². The van der Waals surface area contributed by atoms with Crippen LogP contribution in [0.25, 0.3) is 5.65 Å². The van der Waals surface area contributed by atoms with E-state index in [9.17, 15) is 4.79 Å². The van der Waals surface area contributed by atoms with E-state index in [0.29, 0.717) is 18.1 Å². The van der Waals surface area contributed by atoms with Crippen LogP contribution in [0, 0.1) is 12.8 Å². The highest BCUT2D eigenvalue weighted by molar-refractivity contribution is 5.39. The van der Waals surface area contributed by atoms with Crippen molar-refractivity contribution in [3.8, 4) is 0 Å². The van der Waals surface area contributed by atoms with Crippen LogP contribution in [0.1, 0.15) is 37.0 Å². The van der Waals surface area contributed by atoms with Gasteiger partial charge in [-0.3, -0.25) is 14.9 Å². The van der Waals surface area contributed by atoms with Gasteiger partial charge < -0.3 is 5.32 Å². The number of aromatic nitrogens is 4. The van der Waals surface area contributed by atoms with Crippen molar-refractivity contribution in [3.63, 3.8) is 0 Å². The molecule has 0 fully saturated rings. The Hall–Kier alpha value is -2.47. The van der Waals surface area contributed by atoms with Crippen LogP contribution >= 0.6 is 0 Å². The van der Waals surface area contributed by atoms with Crippen LogP contribution < -0.4 is 10.9 Å². The number of aryl methyl sites for hydroxylation is 1. The van der Waals surface area contributed by atoms with Crippen LogP contribution in [0.3, 0.4) is 0 Å². The van der Waals surface area contributed by atoms with Gasteiger partial charge in [0.05, 0.1) is 17.4 Å². The minimum atomic E-state index is -0.0941. The van der Waals surface area contributed by atoms with Crippen LogP contribution in [0.4, 0.5) is 0 Å². The van der Waals surface area contributed by atoms with E-state index < -0.39 is 0 Å². The molecule has 1 unspecified atom stereocenters. The standard InChI is InChI=1S/C17H21N5O/c1-11(2)17(19-10-13-6-4-5-7-18-13)14-9-16(23)22-15(20-14)8-12(3)21-22/h4-9,11,17,19,21H,10H2,1-3H3. The number of hydrogen-bond donors (Lipinski definition) is 2. The molecule has 0 radical (unpaired) electrons. The molecular weight excluding hydrogens is 290 g/mol. The Balaban J connectivity index is 1.90. The van der Waals surface area contributed by atoms with Gasteiger partial charge in [0.15, 0.2) is 5.65 Å². The van der Waals surface area contributed by atoms with Crippen molar-refractivity contribution in [2.24, 2.45) is 5.92 Å². The maximum atomic E-state index is 12.3. The highest BCUT2D eigenvalue weighted by Crippen LogP contribution is 2.20. The van der Waals surface area contributed by atoms with Crippen molar-refractivity contribution in [1.82, 2.24) is 24.9 Å². The number of fused-ring (bicyclic) bond motifs is 1. The molecule has 120 valence electrons. The SMILES string of the molecule is Cc1cc2nc(C(NCc3ccccn3)C(C)C)cc(=O)n2[nH]1. The van der Waals surface area contributed by atoms with Crippen molar-refractivity contribution in [3.05, 3.63) is 64.0 Å². The summed E-state index contributed by atoms with van der Waals surface area (Å²) in [6, 6.07) is 9.30. The third-order valence-corrected chi connectivity index (χ3v) is 3.81. The molecule has 6 heteroatoms. The maximum absolute atomic E-state index is 12.3. The Morgan fingerprint density at radius 1 is 1.30 bits per heavy atom. The van der Waals surface area contributed by atoms with Crippen molar-refractivity contribution >= 4 is 5.65 Å². The zero-order chi connectivity index (χ0) is 16.4. The summed E-state index contributed by atoms with van der Waals surface area (Å²) >= 11 is 0. The molecule has 23 heavy (non-hydrogen) atoms. The van der Waals surface area contributed by atoms with Gasteiger partial charge in [0.25, 0.3) is 5.56 Å². The highest BCUT2D eigenvalue weighted by Gasteiger charge is 2.19. The third-order valence-electron chi connectivity index (χ3n) is 3.81. The summed E-state index contributed by atoms with van der Waals surface area (Å²) in [6.45, 7) is 6.77. The lowest BCUT2D eigenvalue weighted by atomic mass is 10.0. The fourth-order valence-corrected chi connectivity index (χ4v) is 2.69. The predicted molar refractivity (Wildman–Crippen MR) is 89.2 cm³/mol. The van der Waals surface area contributed by atoms with Gasteiger partial charge in [-0.05, 0) is 25.0 Å². The molecule has 6 nitrogen and oxygen atoms in total.